The Morgan fingerprint density at radius 3 is 1.40 bits per heavy atom. The predicted molar refractivity (Wildman–Crippen MR) is 204 cm³/mol. The van der Waals surface area contributed by atoms with Crippen LogP contribution in [-0.2, 0) is 54.5 Å². The van der Waals surface area contributed by atoms with Crippen LogP contribution in [0.3, 0.4) is 0 Å². The molecular formula is C37H52N6O17. The first-order chi connectivity index (χ1) is 28.3. The molecule has 0 radical (unpaired) electrons. The van der Waals surface area contributed by atoms with Crippen LogP contribution in [0.5, 0.6) is 0 Å². The zero-order valence-electron chi connectivity index (χ0n) is 32.7. The molecule has 1 aromatic rings. The molecule has 23 heteroatoms. The van der Waals surface area contributed by atoms with Crippen molar-refractivity contribution in [1.29, 1.82) is 0 Å². The number of hydrogen-bond donors (Lipinski definition) is 10. The first-order valence-electron chi connectivity index (χ1n) is 18.8. The van der Waals surface area contributed by atoms with Gasteiger partial charge in [-0.05, 0) is 50.5 Å². The van der Waals surface area contributed by atoms with Gasteiger partial charge < -0.3 is 51.9 Å². The topological polar surface area (TPSA) is 364 Å². The molecule has 23 nitrogen and oxygen atoms in total. The number of carboxylic acids is 6. The van der Waals surface area contributed by atoms with Crippen LogP contribution in [0.25, 0.3) is 0 Å². The molecule has 0 saturated heterocycles. The summed E-state index contributed by atoms with van der Waals surface area (Å²) in [4.78, 5) is 132. The van der Waals surface area contributed by atoms with Crippen molar-refractivity contribution in [2.75, 3.05) is 39.3 Å². The lowest BCUT2D eigenvalue weighted by Crippen LogP contribution is -2.48. The number of carbonyl (C=O) groups is 11. The van der Waals surface area contributed by atoms with Crippen LogP contribution in [0, 0.1) is 0 Å². The van der Waals surface area contributed by atoms with Crippen molar-refractivity contribution < 1.29 is 83.4 Å². The number of unbranched alkanes of at least 4 members (excludes halogenated alkanes) is 2. The summed E-state index contributed by atoms with van der Waals surface area (Å²) in [6.45, 7) is -3.19. The number of carboxylic acid groups (broad SMARTS) is 6. The van der Waals surface area contributed by atoms with Crippen molar-refractivity contribution in [3.63, 3.8) is 0 Å². The number of aliphatic carboxylic acids is 6. The van der Waals surface area contributed by atoms with Gasteiger partial charge in [-0.15, -0.1) is 0 Å². The van der Waals surface area contributed by atoms with E-state index in [1.807, 2.05) is 0 Å². The molecule has 0 aliphatic rings. The van der Waals surface area contributed by atoms with E-state index in [1.54, 1.807) is 24.3 Å². The molecule has 10 N–H and O–H groups in total. The first kappa shape index (κ1) is 51.5. The highest BCUT2D eigenvalue weighted by Gasteiger charge is 2.30. The second kappa shape index (κ2) is 28.0. The largest absolute Gasteiger partial charge is 0.480 e. The molecule has 0 aromatic heterocycles. The average Bonchev–Trinajstić information content (AvgIpc) is 3.16. The quantitative estimate of drug-likeness (QED) is 0.0286. The lowest BCUT2D eigenvalue weighted by molar-refractivity contribution is -0.152. The number of nitrogens with one attached hydrogen (secondary N) is 4. The number of benzene rings is 1. The van der Waals surface area contributed by atoms with E-state index in [9.17, 15) is 63.0 Å². The van der Waals surface area contributed by atoms with Gasteiger partial charge in [0.2, 0.25) is 23.6 Å². The Morgan fingerprint density at radius 2 is 0.967 bits per heavy atom. The van der Waals surface area contributed by atoms with E-state index < -0.39 is 104 Å². The normalized spacial score (nSPS) is 12.4. The summed E-state index contributed by atoms with van der Waals surface area (Å²) in [5, 5.41) is 65.7. The Morgan fingerprint density at radius 1 is 0.533 bits per heavy atom. The van der Waals surface area contributed by atoms with Gasteiger partial charge in [0, 0.05) is 44.5 Å². The predicted octanol–water partition coefficient (Wildman–Crippen LogP) is -1.42. The van der Waals surface area contributed by atoms with Crippen LogP contribution < -0.4 is 21.3 Å². The molecule has 0 heterocycles. The number of aldehydes is 1. The molecule has 3 unspecified atom stereocenters. The van der Waals surface area contributed by atoms with Gasteiger partial charge in [0.05, 0.1) is 26.2 Å². The maximum atomic E-state index is 13.2. The Bertz CT molecular complexity index is 1640. The molecule has 3 atom stereocenters. The second-order valence-electron chi connectivity index (χ2n) is 13.5. The molecule has 1 rings (SSSR count). The molecule has 0 bridgehead atoms. The fourth-order valence-electron chi connectivity index (χ4n) is 5.79. The van der Waals surface area contributed by atoms with Crippen molar-refractivity contribution in [3.8, 4) is 0 Å². The fourth-order valence-corrected chi connectivity index (χ4v) is 5.79. The monoisotopic (exact) mass is 852 g/mol. The molecule has 60 heavy (non-hydrogen) atoms. The summed E-state index contributed by atoms with van der Waals surface area (Å²) in [5.74, 6) is -11.0. The lowest BCUT2D eigenvalue weighted by atomic mass is 10.1. The van der Waals surface area contributed by atoms with Crippen LogP contribution in [0.15, 0.2) is 24.3 Å². The van der Waals surface area contributed by atoms with Crippen molar-refractivity contribution in [2.45, 2.75) is 88.9 Å². The third-order valence-electron chi connectivity index (χ3n) is 8.73. The summed E-state index contributed by atoms with van der Waals surface area (Å²) in [7, 11) is 0. The standard InChI is InChI=1S/C37H52N6O17/c44-22-24-9-7-23(8-10-24)17-40-29(46)13-14-30(47)41-25(35(56)39-16-4-2-6-27(37(59)60)43(20-33(52)53)21-34(54)55)11-12-28(45)38-15-3-1-5-26(36(57)58)42(18-31(48)49)19-32(50)51/h7-10,22,25-27H,1-6,11-21H2,(H,38,45)(H,39,56)(H,40,46)(H,41,47)(H,48,49)(H,50,51)(H,52,53)(H,54,55)(H,57,58)(H,59,60). The third-order valence-corrected chi connectivity index (χ3v) is 8.73. The lowest BCUT2D eigenvalue weighted by Gasteiger charge is -2.25. The van der Waals surface area contributed by atoms with Gasteiger partial charge in [-0.25, -0.2) is 0 Å². The summed E-state index contributed by atoms with van der Waals surface area (Å²) < 4.78 is 0. The zero-order valence-corrected chi connectivity index (χ0v) is 32.7. The van der Waals surface area contributed by atoms with Gasteiger partial charge >= 0.3 is 35.8 Å². The number of rotatable bonds is 33. The Labute approximate surface area is 343 Å². The average molecular weight is 853 g/mol. The van der Waals surface area contributed by atoms with E-state index in [0.717, 1.165) is 9.80 Å². The highest BCUT2D eigenvalue weighted by molar-refractivity contribution is 5.90. The SMILES string of the molecule is O=Cc1ccc(CNC(=O)CCC(=O)NC(CCC(=O)NCCCCC(C(=O)O)N(CC(=O)O)CC(=O)O)C(=O)NCCCCC(C(=O)O)N(CC(=O)O)CC(=O)O)cc1. The maximum Gasteiger partial charge on any atom is 0.320 e. The zero-order chi connectivity index (χ0) is 45.2. The minimum absolute atomic E-state index is 0.0380. The van der Waals surface area contributed by atoms with Crippen molar-refractivity contribution >= 4 is 65.7 Å². The van der Waals surface area contributed by atoms with Gasteiger partial charge in [0.25, 0.3) is 0 Å². The maximum absolute atomic E-state index is 13.2. The molecule has 0 fully saturated rings. The number of carbonyl (C=O) groups excluding carboxylic acids is 5. The third kappa shape index (κ3) is 22.4. The van der Waals surface area contributed by atoms with Gasteiger partial charge in [0.1, 0.15) is 24.4 Å². The molecule has 0 aliphatic carbocycles. The van der Waals surface area contributed by atoms with Crippen molar-refractivity contribution in [3.05, 3.63) is 35.4 Å². The first-order valence-corrected chi connectivity index (χ1v) is 18.8. The summed E-state index contributed by atoms with van der Waals surface area (Å²) in [6.07, 6.45) is -0.0249. The van der Waals surface area contributed by atoms with E-state index in [2.05, 4.69) is 21.3 Å². The highest BCUT2D eigenvalue weighted by Crippen LogP contribution is 2.12. The van der Waals surface area contributed by atoms with Crippen LogP contribution in [-0.4, -0.2) is 164 Å². The second-order valence-corrected chi connectivity index (χ2v) is 13.5. The Balaban J connectivity index is 2.82. The minimum Gasteiger partial charge on any atom is -0.480 e. The van der Waals surface area contributed by atoms with Crippen molar-refractivity contribution in [2.24, 2.45) is 0 Å². The number of amides is 4. The molecule has 0 spiro atoms. The van der Waals surface area contributed by atoms with E-state index in [1.165, 1.54) is 0 Å². The highest BCUT2D eigenvalue weighted by atomic mass is 16.4. The van der Waals surface area contributed by atoms with E-state index in [4.69, 9.17) is 20.4 Å². The van der Waals surface area contributed by atoms with E-state index in [-0.39, 0.29) is 83.8 Å². The van der Waals surface area contributed by atoms with Crippen molar-refractivity contribution in [1.82, 2.24) is 31.1 Å². The molecule has 332 valence electrons. The minimum atomic E-state index is -1.44. The van der Waals surface area contributed by atoms with Gasteiger partial charge in [-0.2, -0.15) is 0 Å². The van der Waals surface area contributed by atoms with Crippen LogP contribution in [0.2, 0.25) is 0 Å². The number of nitrogens with zero attached hydrogens (tertiary/aromatic N) is 2. The molecule has 4 amide bonds. The molecular weight excluding hydrogens is 800 g/mol. The van der Waals surface area contributed by atoms with Gasteiger partial charge in [-0.3, -0.25) is 62.5 Å². The molecule has 0 saturated carbocycles. The smallest absolute Gasteiger partial charge is 0.320 e. The Hall–Kier alpha value is -6.49. The van der Waals surface area contributed by atoms with Crippen LogP contribution in [0.1, 0.15) is 80.1 Å². The molecule has 1 aromatic carbocycles. The van der Waals surface area contributed by atoms with Gasteiger partial charge in [-0.1, -0.05) is 24.3 Å². The summed E-state index contributed by atoms with van der Waals surface area (Å²) in [6, 6.07) is 2.30. The van der Waals surface area contributed by atoms with Crippen LogP contribution in [0.4, 0.5) is 0 Å². The fraction of sp³-hybridized carbons (Fsp3) is 0.541. The number of hydrogen-bond acceptors (Lipinski definition) is 13. The summed E-state index contributed by atoms with van der Waals surface area (Å²) in [5.41, 5.74) is 1.15. The van der Waals surface area contributed by atoms with Crippen LogP contribution >= 0.6 is 0 Å². The van der Waals surface area contributed by atoms with E-state index >= 15 is 0 Å². The van der Waals surface area contributed by atoms with E-state index in [0.29, 0.717) is 17.4 Å². The Kier molecular flexibility index (Phi) is 24.1. The summed E-state index contributed by atoms with van der Waals surface area (Å²) >= 11 is 0. The van der Waals surface area contributed by atoms with Gasteiger partial charge in [0.15, 0.2) is 0 Å². The molecule has 0 aliphatic heterocycles.